The van der Waals surface area contributed by atoms with Gasteiger partial charge in [0.2, 0.25) is 0 Å². The number of ether oxygens (including phenoxy) is 1. The van der Waals surface area contributed by atoms with Gasteiger partial charge in [-0.3, -0.25) is 0 Å². The van der Waals surface area contributed by atoms with E-state index in [2.05, 4.69) is 15.3 Å². The van der Waals surface area contributed by atoms with Crippen LogP contribution in [0.4, 0.5) is 9.18 Å². The molecule has 0 unspecified atom stereocenters. The topological polar surface area (TPSA) is 67.3 Å². The monoisotopic (exact) mass is 392 g/mol. The molecule has 2 aromatic carbocycles. The smallest absolute Gasteiger partial charge is 0.317 e. The summed E-state index contributed by atoms with van der Waals surface area (Å²) in [5.41, 5.74) is 3.60. The number of hydrogen-bond acceptors (Lipinski definition) is 4. The Kier molecular flexibility index (Phi) is 5.37. The summed E-state index contributed by atoms with van der Waals surface area (Å²) in [5, 5.41) is 2.95. The van der Waals surface area contributed by atoms with E-state index in [4.69, 9.17) is 4.74 Å². The third kappa shape index (κ3) is 4.34. The fourth-order valence-corrected chi connectivity index (χ4v) is 3.30. The van der Waals surface area contributed by atoms with Crippen LogP contribution in [0.15, 0.2) is 54.7 Å². The molecule has 0 saturated carbocycles. The van der Waals surface area contributed by atoms with E-state index in [1.165, 1.54) is 12.1 Å². The van der Waals surface area contributed by atoms with E-state index in [1.807, 2.05) is 24.3 Å². The van der Waals surface area contributed by atoms with Crippen molar-refractivity contribution in [1.82, 2.24) is 20.2 Å². The maximum Gasteiger partial charge on any atom is 0.317 e. The summed E-state index contributed by atoms with van der Waals surface area (Å²) in [6.45, 7) is 1.47. The van der Waals surface area contributed by atoms with Gasteiger partial charge in [-0.05, 0) is 42.0 Å². The molecule has 1 aromatic heterocycles. The van der Waals surface area contributed by atoms with Gasteiger partial charge in [0.1, 0.15) is 11.6 Å². The number of rotatable bonds is 4. The minimum Gasteiger partial charge on any atom is -0.497 e. The molecule has 0 fully saturated rings. The molecule has 1 aliphatic rings. The first kappa shape index (κ1) is 18.9. The van der Waals surface area contributed by atoms with Crippen molar-refractivity contribution in [3.8, 4) is 17.1 Å². The number of fused-ring (bicyclic) bond motifs is 1. The summed E-state index contributed by atoms with van der Waals surface area (Å²) >= 11 is 0. The first-order valence-corrected chi connectivity index (χ1v) is 9.39. The minimum absolute atomic E-state index is 0.124. The average molecular weight is 392 g/mol. The minimum atomic E-state index is -0.290. The molecule has 0 atom stereocenters. The molecule has 0 aliphatic carbocycles. The Morgan fingerprint density at radius 3 is 2.86 bits per heavy atom. The first-order chi connectivity index (χ1) is 14.1. The Bertz CT molecular complexity index is 1020. The maximum absolute atomic E-state index is 13.1. The van der Waals surface area contributed by atoms with E-state index in [0.717, 1.165) is 28.1 Å². The molecule has 148 valence electrons. The number of urea groups is 1. The van der Waals surface area contributed by atoms with Crippen LogP contribution in [0.1, 0.15) is 16.8 Å². The van der Waals surface area contributed by atoms with Crippen LogP contribution in [0.5, 0.6) is 5.75 Å². The molecular formula is C22H21FN4O2. The molecule has 1 aliphatic heterocycles. The molecule has 7 heteroatoms. The zero-order valence-corrected chi connectivity index (χ0v) is 16.1. The van der Waals surface area contributed by atoms with Crippen molar-refractivity contribution < 1.29 is 13.9 Å². The molecule has 2 amide bonds. The van der Waals surface area contributed by atoms with E-state index in [0.29, 0.717) is 31.9 Å². The number of carbonyl (C=O) groups excluding carboxylic acids is 1. The van der Waals surface area contributed by atoms with Crippen LogP contribution in [0.2, 0.25) is 0 Å². The van der Waals surface area contributed by atoms with Gasteiger partial charge in [-0.2, -0.15) is 0 Å². The predicted octanol–water partition coefficient (Wildman–Crippen LogP) is 3.56. The van der Waals surface area contributed by atoms with Crippen molar-refractivity contribution in [1.29, 1.82) is 0 Å². The number of hydrogen-bond donors (Lipinski definition) is 1. The molecule has 0 saturated heterocycles. The van der Waals surface area contributed by atoms with Gasteiger partial charge in [-0.25, -0.2) is 19.2 Å². The van der Waals surface area contributed by atoms with Crippen molar-refractivity contribution in [3.63, 3.8) is 0 Å². The van der Waals surface area contributed by atoms with Crippen molar-refractivity contribution in [3.05, 3.63) is 77.4 Å². The van der Waals surface area contributed by atoms with Crippen LogP contribution < -0.4 is 10.1 Å². The quantitative estimate of drug-likeness (QED) is 0.737. The summed E-state index contributed by atoms with van der Waals surface area (Å²) < 4.78 is 18.3. The van der Waals surface area contributed by atoms with Gasteiger partial charge < -0.3 is 15.0 Å². The van der Waals surface area contributed by atoms with Gasteiger partial charge in [-0.15, -0.1) is 0 Å². The molecule has 0 radical (unpaired) electrons. The first-order valence-electron chi connectivity index (χ1n) is 9.39. The lowest BCUT2D eigenvalue weighted by atomic mass is 10.1. The van der Waals surface area contributed by atoms with Crippen molar-refractivity contribution in [2.75, 3.05) is 13.7 Å². The highest BCUT2D eigenvalue weighted by Crippen LogP contribution is 2.21. The third-order valence-electron chi connectivity index (χ3n) is 4.90. The highest BCUT2D eigenvalue weighted by Gasteiger charge is 2.22. The summed E-state index contributed by atoms with van der Waals surface area (Å²) in [6, 6.07) is 13.6. The largest absolute Gasteiger partial charge is 0.497 e. The molecule has 1 N–H and O–H groups in total. The van der Waals surface area contributed by atoms with Crippen LogP contribution in [0, 0.1) is 5.82 Å². The van der Waals surface area contributed by atoms with Gasteiger partial charge >= 0.3 is 6.03 Å². The van der Waals surface area contributed by atoms with E-state index < -0.39 is 0 Å². The molecule has 2 heterocycles. The molecule has 3 aromatic rings. The highest BCUT2D eigenvalue weighted by atomic mass is 19.1. The molecule has 0 bridgehead atoms. The van der Waals surface area contributed by atoms with E-state index in [1.54, 1.807) is 30.3 Å². The summed E-state index contributed by atoms with van der Waals surface area (Å²) in [4.78, 5) is 23.3. The number of halogens is 1. The van der Waals surface area contributed by atoms with Gasteiger partial charge in [0.15, 0.2) is 5.82 Å². The number of carbonyl (C=O) groups is 1. The van der Waals surface area contributed by atoms with E-state index >= 15 is 0 Å². The number of methoxy groups -OCH3 is 1. The lowest BCUT2D eigenvalue weighted by Crippen LogP contribution is -2.42. The SMILES string of the molecule is COc1cccc(CNC(=O)N2CCc3nc(-c4ccc(F)cc4)ncc3C2)c1. The lowest BCUT2D eigenvalue weighted by molar-refractivity contribution is 0.191. The number of nitrogens with zero attached hydrogens (tertiary/aromatic N) is 3. The van der Waals surface area contributed by atoms with E-state index in [-0.39, 0.29) is 11.8 Å². The van der Waals surface area contributed by atoms with Crippen LogP contribution in [-0.4, -0.2) is 34.6 Å². The Hall–Kier alpha value is -3.48. The second-order valence-corrected chi connectivity index (χ2v) is 6.85. The second kappa shape index (κ2) is 8.26. The molecule has 4 rings (SSSR count). The van der Waals surface area contributed by atoms with Gasteiger partial charge in [0, 0.05) is 36.8 Å². The van der Waals surface area contributed by atoms with Crippen LogP contribution >= 0.6 is 0 Å². The number of benzene rings is 2. The van der Waals surface area contributed by atoms with Crippen LogP contribution in [0.3, 0.4) is 0 Å². The Morgan fingerprint density at radius 2 is 2.07 bits per heavy atom. The second-order valence-electron chi connectivity index (χ2n) is 6.85. The van der Waals surface area contributed by atoms with E-state index in [9.17, 15) is 9.18 Å². The molecule has 6 nitrogen and oxygen atoms in total. The fourth-order valence-electron chi connectivity index (χ4n) is 3.30. The standard InChI is InChI=1S/C22H21FN4O2/c1-29-19-4-2-3-15(11-19)12-25-22(28)27-10-9-20-17(14-27)13-24-21(26-20)16-5-7-18(23)8-6-16/h2-8,11,13H,9-10,12,14H2,1H3,(H,25,28). The Balaban J connectivity index is 1.40. The summed E-state index contributed by atoms with van der Waals surface area (Å²) in [6.07, 6.45) is 2.40. The molecular weight excluding hydrogens is 371 g/mol. The number of aromatic nitrogens is 2. The van der Waals surface area contributed by atoms with Crippen molar-refractivity contribution in [2.45, 2.75) is 19.5 Å². The van der Waals surface area contributed by atoms with Gasteiger partial charge in [-0.1, -0.05) is 12.1 Å². The van der Waals surface area contributed by atoms with Crippen molar-refractivity contribution in [2.24, 2.45) is 0 Å². The zero-order valence-electron chi connectivity index (χ0n) is 16.1. The fraction of sp³-hybridized carbons (Fsp3) is 0.227. The lowest BCUT2D eigenvalue weighted by Gasteiger charge is -2.28. The Morgan fingerprint density at radius 1 is 1.24 bits per heavy atom. The zero-order chi connectivity index (χ0) is 20.2. The van der Waals surface area contributed by atoms with Gasteiger partial charge in [0.05, 0.1) is 19.3 Å². The summed E-state index contributed by atoms with van der Waals surface area (Å²) in [5.74, 6) is 1.04. The third-order valence-corrected chi connectivity index (χ3v) is 4.90. The normalized spacial score (nSPS) is 13.0. The number of nitrogens with one attached hydrogen (secondary N) is 1. The van der Waals surface area contributed by atoms with Gasteiger partial charge in [0.25, 0.3) is 0 Å². The maximum atomic E-state index is 13.1. The molecule has 0 spiro atoms. The highest BCUT2D eigenvalue weighted by molar-refractivity contribution is 5.74. The van der Waals surface area contributed by atoms with Crippen LogP contribution in [-0.2, 0) is 19.5 Å². The summed E-state index contributed by atoms with van der Waals surface area (Å²) in [7, 11) is 1.62. The average Bonchev–Trinajstić information content (AvgIpc) is 2.77. The Labute approximate surface area is 168 Å². The molecule has 29 heavy (non-hydrogen) atoms. The van der Waals surface area contributed by atoms with Crippen LogP contribution in [0.25, 0.3) is 11.4 Å². The number of amides is 2. The predicted molar refractivity (Wildman–Crippen MR) is 107 cm³/mol. The van der Waals surface area contributed by atoms with Crippen molar-refractivity contribution >= 4 is 6.03 Å².